The molecule has 1 atom stereocenters. The smallest absolute Gasteiger partial charge is 0.173 e. The third-order valence-corrected chi connectivity index (χ3v) is 6.53. The summed E-state index contributed by atoms with van der Waals surface area (Å²) in [6.07, 6.45) is 0. The Morgan fingerprint density at radius 1 is 0.800 bits per heavy atom. The second-order valence-electron chi connectivity index (χ2n) is 8.55. The molecule has 0 N–H and O–H groups in total. The molecule has 0 bridgehead atoms. The molecule has 0 aliphatic carbocycles. The van der Waals surface area contributed by atoms with E-state index in [2.05, 4.69) is 55.7 Å². The minimum atomic E-state index is -0.122. The average Bonchev–Trinajstić information content (AvgIpc) is 3.37. The van der Waals surface area contributed by atoms with Crippen molar-refractivity contribution >= 4 is 5.69 Å². The molecule has 180 valence electrons. The molecule has 0 amide bonds. The van der Waals surface area contributed by atoms with E-state index >= 15 is 0 Å². The molecule has 4 aromatic rings. The molecule has 1 fully saturated rings. The van der Waals surface area contributed by atoms with Crippen LogP contribution in [0.5, 0.6) is 11.5 Å². The predicted molar refractivity (Wildman–Crippen MR) is 135 cm³/mol. The fourth-order valence-corrected chi connectivity index (χ4v) is 4.70. The Kier molecular flexibility index (Phi) is 6.90. The lowest BCUT2D eigenvalue weighted by molar-refractivity contribution is 0.198. The van der Waals surface area contributed by atoms with E-state index in [0.29, 0.717) is 6.54 Å². The first-order chi connectivity index (χ1) is 17.3. The summed E-state index contributed by atoms with van der Waals surface area (Å²) in [6, 6.07) is 26.6. The first-order valence-corrected chi connectivity index (χ1v) is 11.8. The van der Waals surface area contributed by atoms with Crippen molar-refractivity contribution < 1.29 is 9.47 Å². The van der Waals surface area contributed by atoms with Crippen LogP contribution in [0.1, 0.15) is 23.0 Å². The van der Waals surface area contributed by atoms with E-state index in [9.17, 15) is 0 Å². The van der Waals surface area contributed by atoms with Gasteiger partial charge in [-0.3, -0.25) is 4.90 Å². The van der Waals surface area contributed by atoms with Crippen LogP contribution < -0.4 is 14.4 Å². The summed E-state index contributed by atoms with van der Waals surface area (Å²) in [5.74, 6) is 2.52. The number of anilines is 1. The molecule has 1 saturated heterocycles. The summed E-state index contributed by atoms with van der Waals surface area (Å²) < 4.78 is 13.0. The van der Waals surface area contributed by atoms with Crippen molar-refractivity contribution in [3.8, 4) is 11.5 Å². The maximum atomic E-state index is 5.76. The standard InChI is InChI=1S/C27H30N6O2/c1-34-23-14-12-22(13-15-23)31-16-18-32(19-17-31)26(24-10-6-7-11-25(24)35-2)27-28-29-30-33(27)20-21-8-4-3-5-9-21/h3-15,26H,16-20H2,1-2H3/t26-/m0/s1. The van der Waals surface area contributed by atoms with Crippen molar-refractivity contribution in [1.29, 1.82) is 0 Å². The van der Waals surface area contributed by atoms with Gasteiger partial charge < -0.3 is 14.4 Å². The van der Waals surface area contributed by atoms with Gasteiger partial charge in [-0.05, 0) is 46.3 Å². The third-order valence-electron chi connectivity index (χ3n) is 6.53. The van der Waals surface area contributed by atoms with Crippen molar-refractivity contribution in [2.24, 2.45) is 0 Å². The van der Waals surface area contributed by atoms with Crippen LogP contribution in [0, 0.1) is 0 Å². The molecule has 0 radical (unpaired) electrons. The zero-order chi connectivity index (χ0) is 24.0. The number of methoxy groups -OCH3 is 2. The van der Waals surface area contributed by atoms with Crippen molar-refractivity contribution in [2.75, 3.05) is 45.3 Å². The molecule has 1 aliphatic rings. The highest BCUT2D eigenvalue weighted by Crippen LogP contribution is 2.35. The van der Waals surface area contributed by atoms with Crippen molar-refractivity contribution in [2.45, 2.75) is 12.6 Å². The first-order valence-electron chi connectivity index (χ1n) is 11.8. The molecular weight excluding hydrogens is 440 g/mol. The average molecular weight is 471 g/mol. The Bertz CT molecular complexity index is 1220. The largest absolute Gasteiger partial charge is 0.497 e. The van der Waals surface area contributed by atoms with Gasteiger partial charge in [0.05, 0.1) is 20.8 Å². The van der Waals surface area contributed by atoms with E-state index in [-0.39, 0.29) is 6.04 Å². The van der Waals surface area contributed by atoms with Gasteiger partial charge in [-0.25, -0.2) is 4.68 Å². The van der Waals surface area contributed by atoms with Crippen LogP contribution in [0.25, 0.3) is 0 Å². The van der Waals surface area contributed by atoms with Gasteiger partial charge in [-0.2, -0.15) is 0 Å². The highest BCUT2D eigenvalue weighted by molar-refractivity contribution is 5.49. The molecule has 35 heavy (non-hydrogen) atoms. The number of para-hydroxylation sites is 1. The van der Waals surface area contributed by atoms with Crippen LogP contribution in [0.15, 0.2) is 78.9 Å². The Hall–Kier alpha value is -3.91. The molecule has 8 nitrogen and oxygen atoms in total. The van der Waals surface area contributed by atoms with Gasteiger partial charge in [0.15, 0.2) is 5.82 Å². The Morgan fingerprint density at radius 2 is 1.51 bits per heavy atom. The molecular formula is C27H30N6O2. The minimum Gasteiger partial charge on any atom is -0.497 e. The maximum Gasteiger partial charge on any atom is 0.173 e. The lowest BCUT2D eigenvalue weighted by atomic mass is 10.0. The van der Waals surface area contributed by atoms with E-state index < -0.39 is 0 Å². The number of hydrogen-bond donors (Lipinski definition) is 0. The van der Waals surface area contributed by atoms with Crippen LogP contribution in [0.2, 0.25) is 0 Å². The number of aromatic nitrogens is 4. The first kappa shape index (κ1) is 22.9. The Morgan fingerprint density at radius 3 is 2.23 bits per heavy atom. The molecule has 8 heteroatoms. The van der Waals surface area contributed by atoms with Gasteiger partial charge in [0.1, 0.15) is 17.5 Å². The SMILES string of the molecule is COc1ccc(N2CCN([C@@H](c3ccccc3OC)c3nnnn3Cc3ccccc3)CC2)cc1. The number of tetrazole rings is 1. The van der Waals surface area contributed by atoms with E-state index in [0.717, 1.165) is 54.6 Å². The quantitative estimate of drug-likeness (QED) is 0.389. The predicted octanol–water partition coefficient (Wildman–Crippen LogP) is 3.65. The number of benzene rings is 3. The zero-order valence-corrected chi connectivity index (χ0v) is 20.1. The fraction of sp³-hybridized carbons (Fsp3) is 0.296. The molecule has 1 aliphatic heterocycles. The van der Waals surface area contributed by atoms with Crippen LogP contribution >= 0.6 is 0 Å². The second-order valence-corrected chi connectivity index (χ2v) is 8.55. The minimum absolute atomic E-state index is 0.122. The fourth-order valence-electron chi connectivity index (χ4n) is 4.70. The van der Waals surface area contributed by atoms with E-state index in [1.807, 2.05) is 53.2 Å². The Balaban J connectivity index is 1.43. The normalized spacial score (nSPS) is 15.1. The van der Waals surface area contributed by atoms with Gasteiger partial charge in [-0.15, -0.1) is 5.10 Å². The Labute approximate surface area is 205 Å². The summed E-state index contributed by atoms with van der Waals surface area (Å²) in [5.41, 5.74) is 3.43. The summed E-state index contributed by atoms with van der Waals surface area (Å²) >= 11 is 0. The molecule has 0 unspecified atom stereocenters. The lowest BCUT2D eigenvalue weighted by Gasteiger charge is -2.40. The topological polar surface area (TPSA) is 68.5 Å². The maximum absolute atomic E-state index is 5.76. The van der Waals surface area contributed by atoms with Crippen molar-refractivity contribution in [1.82, 2.24) is 25.1 Å². The highest BCUT2D eigenvalue weighted by atomic mass is 16.5. The van der Waals surface area contributed by atoms with Crippen LogP contribution in [-0.4, -0.2) is 65.5 Å². The number of ether oxygens (including phenoxy) is 2. The van der Waals surface area contributed by atoms with Gasteiger partial charge in [0.2, 0.25) is 0 Å². The monoisotopic (exact) mass is 470 g/mol. The van der Waals surface area contributed by atoms with Crippen molar-refractivity contribution in [3.05, 3.63) is 95.8 Å². The van der Waals surface area contributed by atoms with E-state index in [1.165, 1.54) is 5.69 Å². The summed E-state index contributed by atoms with van der Waals surface area (Å²) in [5, 5.41) is 12.9. The van der Waals surface area contributed by atoms with E-state index in [4.69, 9.17) is 9.47 Å². The summed E-state index contributed by atoms with van der Waals surface area (Å²) in [7, 11) is 3.40. The van der Waals surface area contributed by atoms with E-state index in [1.54, 1.807) is 14.2 Å². The molecule has 2 heterocycles. The highest BCUT2D eigenvalue weighted by Gasteiger charge is 2.32. The number of nitrogens with zero attached hydrogens (tertiary/aromatic N) is 6. The van der Waals surface area contributed by atoms with Crippen molar-refractivity contribution in [3.63, 3.8) is 0 Å². The molecule has 1 aromatic heterocycles. The number of hydrogen-bond acceptors (Lipinski definition) is 7. The second kappa shape index (κ2) is 10.6. The molecule has 0 saturated carbocycles. The van der Waals surface area contributed by atoms with Gasteiger partial charge in [0.25, 0.3) is 0 Å². The zero-order valence-electron chi connectivity index (χ0n) is 20.1. The summed E-state index contributed by atoms with van der Waals surface area (Å²) in [6.45, 7) is 4.15. The van der Waals surface area contributed by atoms with Gasteiger partial charge in [-0.1, -0.05) is 48.5 Å². The summed E-state index contributed by atoms with van der Waals surface area (Å²) in [4.78, 5) is 4.85. The molecule has 0 spiro atoms. The van der Waals surface area contributed by atoms with Gasteiger partial charge in [0, 0.05) is 37.4 Å². The van der Waals surface area contributed by atoms with Crippen LogP contribution in [0.3, 0.4) is 0 Å². The van der Waals surface area contributed by atoms with Crippen LogP contribution in [-0.2, 0) is 6.54 Å². The van der Waals surface area contributed by atoms with Crippen LogP contribution in [0.4, 0.5) is 5.69 Å². The number of piperazine rings is 1. The van der Waals surface area contributed by atoms with Gasteiger partial charge >= 0.3 is 0 Å². The number of rotatable bonds is 8. The molecule has 5 rings (SSSR count). The lowest BCUT2D eigenvalue weighted by Crippen LogP contribution is -2.48. The molecule has 3 aromatic carbocycles. The third kappa shape index (κ3) is 4.97.